The van der Waals surface area contributed by atoms with Gasteiger partial charge in [0.15, 0.2) is 0 Å². The quantitative estimate of drug-likeness (QED) is 0.170. The molecular formula is C48H32FNO. The van der Waals surface area contributed by atoms with Gasteiger partial charge in [0.25, 0.3) is 0 Å². The van der Waals surface area contributed by atoms with Gasteiger partial charge in [-0.1, -0.05) is 146 Å². The van der Waals surface area contributed by atoms with Crippen LogP contribution in [0.4, 0.5) is 21.5 Å². The van der Waals surface area contributed by atoms with Crippen LogP contribution in [0.5, 0.6) is 0 Å². The van der Waals surface area contributed by atoms with E-state index in [1.807, 2.05) is 91.0 Å². The molecule has 3 heteroatoms. The van der Waals surface area contributed by atoms with E-state index in [0.29, 0.717) is 11.3 Å². The van der Waals surface area contributed by atoms with Crippen molar-refractivity contribution in [1.29, 1.82) is 0 Å². The van der Waals surface area contributed by atoms with Crippen LogP contribution in [0.2, 0.25) is 0 Å². The van der Waals surface area contributed by atoms with Crippen molar-refractivity contribution in [2.45, 2.75) is 0 Å². The molecule has 9 aromatic rings. The maximum absolute atomic E-state index is 16.6. The molecule has 242 valence electrons. The van der Waals surface area contributed by atoms with Gasteiger partial charge >= 0.3 is 0 Å². The zero-order valence-electron chi connectivity index (χ0n) is 27.7. The summed E-state index contributed by atoms with van der Waals surface area (Å²) in [7, 11) is 0. The van der Waals surface area contributed by atoms with Gasteiger partial charge in [0.05, 0.1) is 11.1 Å². The number of anilines is 3. The Morgan fingerprint density at radius 2 is 0.882 bits per heavy atom. The standard InChI is InChI=1S/C48H32FNO/c49-44-32-37(30-31-42(44)41-21-10-9-20-40(41)34-16-5-2-6-17-34)50(45-23-13-25-47-48(45)43-22-11-12-24-46(43)51-47)36-28-26-35(27-29-36)39-19-8-7-18-38(39)33-14-3-1-4-15-33/h1-32H. The number of furan rings is 1. The second-order valence-electron chi connectivity index (χ2n) is 12.6. The predicted molar refractivity (Wildman–Crippen MR) is 210 cm³/mol. The van der Waals surface area contributed by atoms with Crippen molar-refractivity contribution in [1.82, 2.24) is 0 Å². The van der Waals surface area contributed by atoms with E-state index >= 15 is 4.39 Å². The average Bonchev–Trinajstić information content (AvgIpc) is 3.59. The fourth-order valence-corrected chi connectivity index (χ4v) is 7.21. The molecule has 0 spiro atoms. The molecule has 0 saturated carbocycles. The first-order chi connectivity index (χ1) is 25.2. The van der Waals surface area contributed by atoms with Gasteiger partial charge in [0, 0.05) is 22.3 Å². The highest BCUT2D eigenvalue weighted by Crippen LogP contribution is 2.45. The number of rotatable bonds is 7. The Morgan fingerprint density at radius 3 is 1.53 bits per heavy atom. The van der Waals surface area contributed by atoms with Crippen molar-refractivity contribution >= 4 is 39.0 Å². The lowest BCUT2D eigenvalue weighted by Gasteiger charge is -2.27. The highest BCUT2D eigenvalue weighted by molar-refractivity contribution is 6.13. The molecule has 0 unspecified atom stereocenters. The Balaban J connectivity index is 1.20. The van der Waals surface area contributed by atoms with Crippen LogP contribution in [0.3, 0.4) is 0 Å². The topological polar surface area (TPSA) is 16.4 Å². The third-order valence-corrected chi connectivity index (χ3v) is 9.58. The van der Waals surface area contributed by atoms with E-state index in [1.54, 1.807) is 6.07 Å². The Bertz CT molecular complexity index is 2640. The van der Waals surface area contributed by atoms with Gasteiger partial charge in [0.1, 0.15) is 17.0 Å². The molecule has 0 aliphatic rings. The summed E-state index contributed by atoms with van der Waals surface area (Å²) in [5, 5.41) is 1.99. The minimum Gasteiger partial charge on any atom is -0.456 e. The third kappa shape index (κ3) is 5.55. The van der Waals surface area contributed by atoms with Gasteiger partial charge < -0.3 is 9.32 Å². The van der Waals surface area contributed by atoms with E-state index in [4.69, 9.17) is 4.42 Å². The molecule has 0 bridgehead atoms. The normalized spacial score (nSPS) is 11.2. The van der Waals surface area contributed by atoms with Crippen LogP contribution in [0.1, 0.15) is 0 Å². The van der Waals surface area contributed by atoms with Crippen molar-refractivity contribution in [3.63, 3.8) is 0 Å². The molecule has 0 aliphatic carbocycles. The molecule has 1 aromatic heterocycles. The van der Waals surface area contributed by atoms with Crippen molar-refractivity contribution in [3.05, 3.63) is 200 Å². The van der Waals surface area contributed by atoms with Crippen LogP contribution < -0.4 is 4.90 Å². The molecule has 0 N–H and O–H groups in total. The summed E-state index contributed by atoms with van der Waals surface area (Å²) in [6.45, 7) is 0. The van der Waals surface area contributed by atoms with Crippen LogP contribution >= 0.6 is 0 Å². The largest absolute Gasteiger partial charge is 0.456 e. The molecule has 9 rings (SSSR count). The maximum Gasteiger partial charge on any atom is 0.137 e. The minimum atomic E-state index is -0.293. The molecule has 0 fully saturated rings. The molecule has 0 saturated heterocycles. The van der Waals surface area contributed by atoms with Crippen molar-refractivity contribution < 1.29 is 8.81 Å². The lowest BCUT2D eigenvalue weighted by Crippen LogP contribution is -2.11. The molecule has 51 heavy (non-hydrogen) atoms. The smallest absolute Gasteiger partial charge is 0.137 e. The number of nitrogens with zero attached hydrogens (tertiary/aromatic N) is 1. The van der Waals surface area contributed by atoms with Crippen LogP contribution in [0.25, 0.3) is 66.4 Å². The van der Waals surface area contributed by atoms with E-state index < -0.39 is 0 Å². The molecule has 0 amide bonds. The van der Waals surface area contributed by atoms with Crippen LogP contribution in [0.15, 0.2) is 199 Å². The number of fused-ring (bicyclic) bond motifs is 3. The molecule has 2 nitrogen and oxygen atoms in total. The summed E-state index contributed by atoms with van der Waals surface area (Å²) >= 11 is 0. The Morgan fingerprint density at radius 1 is 0.373 bits per heavy atom. The van der Waals surface area contributed by atoms with Gasteiger partial charge in [-0.15, -0.1) is 0 Å². The fraction of sp³-hybridized carbons (Fsp3) is 0. The fourth-order valence-electron chi connectivity index (χ4n) is 7.21. The molecule has 0 aliphatic heterocycles. The van der Waals surface area contributed by atoms with E-state index in [9.17, 15) is 0 Å². The summed E-state index contributed by atoms with van der Waals surface area (Å²) in [5.41, 5.74) is 12.2. The summed E-state index contributed by atoms with van der Waals surface area (Å²) in [6, 6.07) is 65.3. The Labute approximate surface area is 296 Å². The van der Waals surface area contributed by atoms with Crippen LogP contribution in [-0.2, 0) is 0 Å². The minimum absolute atomic E-state index is 0.293. The number of para-hydroxylation sites is 1. The number of hydrogen-bond acceptors (Lipinski definition) is 2. The van der Waals surface area contributed by atoms with Gasteiger partial charge in [0.2, 0.25) is 0 Å². The van der Waals surface area contributed by atoms with Gasteiger partial charge in [-0.05, 0) is 87.5 Å². The Kier molecular flexibility index (Phi) is 7.71. The van der Waals surface area contributed by atoms with Crippen LogP contribution in [-0.4, -0.2) is 0 Å². The monoisotopic (exact) mass is 657 g/mol. The van der Waals surface area contributed by atoms with E-state index in [0.717, 1.165) is 61.1 Å². The number of halogens is 1. The average molecular weight is 658 g/mol. The first-order valence-electron chi connectivity index (χ1n) is 17.1. The zero-order chi connectivity index (χ0) is 34.1. The van der Waals surface area contributed by atoms with Crippen molar-refractivity contribution in [2.75, 3.05) is 4.90 Å². The van der Waals surface area contributed by atoms with Gasteiger partial charge in [-0.25, -0.2) is 4.39 Å². The first-order valence-corrected chi connectivity index (χ1v) is 17.1. The van der Waals surface area contributed by atoms with Gasteiger partial charge in [-0.2, -0.15) is 0 Å². The third-order valence-electron chi connectivity index (χ3n) is 9.58. The molecule has 0 radical (unpaired) electrons. The highest BCUT2D eigenvalue weighted by Gasteiger charge is 2.21. The first kappa shape index (κ1) is 30.4. The Hall–Kier alpha value is -6.71. The number of hydrogen-bond donors (Lipinski definition) is 0. The second kappa shape index (κ2) is 13.0. The van der Waals surface area contributed by atoms with E-state index in [1.165, 1.54) is 11.1 Å². The molecule has 8 aromatic carbocycles. The maximum atomic E-state index is 16.6. The summed E-state index contributed by atoms with van der Waals surface area (Å²) in [4.78, 5) is 2.13. The van der Waals surface area contributed by atoms with E-state index in [-0.39, 0.29) is 5.82 Å². The number of benzene rings is 8. The van der Waals surface area contributed by atoms with E-state index in [2.05, 4.69) is 102 Å². The lowest BCUT2D eigenvalue weighted by molar-refractivity contribution is 0.631. The molecule has 0 atom stereocenters. The lowest BCUT2D eigenvalue weighted by atomic mass is 9.94. The van der Waals surface area contributed by atoms with Crippen LogP contribution in [0, 0.1) is 5.82 Å². The second-order valence-corrected chi connectivity index (χ2v) is 12.6. The summed E-state index contributed by atoms with van der Waals surface area (Å²) in [6.07, 6.45) is 0. The van der Waals surface area contributed by atoms with Crippen molar-refractivity contribution in [2.24, 2.45) is 0 Å². The SMILES string of the molecule is Fc1cc(N(c2ccc(-c3ccccc3-c3ccccc3)cc2)c2cccc3oc4ccccc4c23)ccc1-c1ccccc1-c1ccccc1. The van der Waals surface area contributed by atoms with Crippen molar-refractivity contribution in [3.8, 4) is 44.5 Å². The molecular weight excluding hydrogens is 626 g/mol. The predicted octanol–water partition coefficient (Wildman–Crippen LogP) is 13.9. The molecule has 1 heterocycles. The summed E-state index contributed by atoms with van der Waals surface area (Å²) in [5.74, 6) is -0.293. The highest BCUT2D eigenvalue weighted by atomic mass is 19.1. The summed E-state index contributed by atoms with van der Waals surface area (Å²) < 4.78 is 22.9. The van der Waals surface area contributed by atoms with Gasteiger partial charge in [-0.3, -0.25) is 0 Å². The zero-order valence-corrected chi connectivity index (χ0v) is 27.7.